The van der Waals surface area contributed by atoms with E-state index in [2.05, 4.69) is 21.5 Å². The number of hydrogen-bond acceptors (Lipinski definition) is 4. The predicted molar refractivity (Wildman–Crippen MR) is 85.2 cm³/mol. The summed E-state index contributed by atoms with van der Waals surface area (Å²) in [6, 6.07) is 6.03. The fourth-order valence-electron chi connectivity index (χ4n) is 1.93. The molecule has 1 N–H and O–H groups in total. The fraction of sp³-hybridized carbons (Fsp3) is 0.133. The van der Waals surface area contributed by atoms with E-state index in [0.717, 1.165) is 15.8 Å². The number of carbonyl (C=O) groups is 1. The normalized spacial score (nSPS) is 11.3. The Bertz CT molecular complexity index is 831. The number of aryl methyl sites for hydroxylation is 2. The lowest BCUT2D eigenvalue weighted by Crippen LogP contribution is -2.07. The fourth-order valence-corrected chi connectivity index (χ4v) is 2.90. The van der Waals surface area contributed by atoms with Crippen LogP contribution in [0.3, 0.4) is 0 Å². The molecule has 0 saturated carbocycles. The van der Waals surface area contributed by atoms with Crippen molar-refractivity contribution in [2.75, 3.05) is 5.32 Å². The van der Waals surface area contributed by atoms with E-state index < -0.39 is 0 Å². The Kier molecular flexibility index (Phi) is 3.53. The maximum atomic E-state index is 11.9. The molecular weight excluding hydrogens is 284 g/mol. The van der Waals surface area contributed by atoms with Crippen LogP contribution in [0.5, 0.6) is 0 Å². The van der Waals surface area contributed by atoms with Gasteiger partial charge in [-0.25, -0.2) is 4.98 Å². The molecule has 21 heavy (non-hydrogen) atoms. The number of aromatic nitrogens is 3. The van der Waals surface area contributed by atoms with E-state index in [9.17, 15) is 4.79 Å². The number of amides is 1. The molecule has 2 heterocycles. The second-order valence-electron chi connectivity index (χ2n) is 4.76. The minimum Gasteiger partial charge on any atom is -0.298 e. The van der Waals surface area contributed by atoms with Crippen molar-refractivity contribution < 1.29 is 4.79 Å². The van der Waals surface area contributed by atoms with Crippen molar-refractivity contribution in [2.24, 2.45) is 7.05 Å². The first-order chi connectivity index (χ1) is 10.1. The molecule has 0 atom stereocenters. The van der Waals surface area contributed by atoms with Crippen LogP contribution in [0.15, 0.2) is 36.7 Å². The lowest BCUT2D eigenvalue weighted by atomic mass is 10.2. The highest BCUT2D eigenvalue weighted by Crippen LogP contribution is 2.26. The lowest BCUT2D eigenvalue weighted by molar-refractivity contribution is -0.111. The molecule has 0 radical (unpaired) electrons. The third kappa shape index (κ3) is 3.17. The SMILES string of the molecule is Cc1ccc2nc(NC(=O)/C=C/c3cnn(C)c3)sc2c1. The Balaban J connectivity index is 1.72. The second-order valence-corrected chi connectivity index (χ2v) is 5.79. The molecule has 3 aromatic rings. The van der Waals surface area contributed by atoms with Crippen LogP contribution >= 0.6 is 11.3 Å². The average Bonchev–Trinajstić information content (AvgIpc) is 3.01. The molecule has 6 heteroatoms. The first kappa shape index (κ1) is 13.5. The van der Waals surface area contributed by atoms with Crippen molar-refractivity contribution in [3.8, 4) is 0 Å². The Morgan fingerprint density at radius 3 is 3.05 bits per heavy atom. The van der Waals surface area contributed by atoms with Crippen molar-refractivity contribution in [3.05, 3.63) is 47.8 Å². The Labute approximate surface area is 125 Å². The van der Waals surface area contributed by atoms with Crippen LogP contribution in [0.2, 0.25) is 0 Å². The van der Waals surface area contributed by atoms with Gasteiger partial charge in [0.05, 0.1) is 16.4 Å². The Hall–Kier alpha value is -2.47. The first-order valence-electron chi connectivity index (χ1n) is 6.45. The van der Waals surface area contributed by atoms with Crippen LogP contribution in [-0.4, -0.2) is 20.7 Å². The summed E-state index contributed by atoms with van der Waals surface area (Å²) in [5.41, 5.74) is 2.96. The van der Waals surface area contributed by atoms with Gasteiger partial charge in [0.1, 0.15) is 0 Å². The van der Waals surface area contributed by atoms with E-state index in [1.54, 1.807) is 17.0 Å². The van der Waals surface area contributed by atoms with Crippen LogP contribution in [0.1, 0.15) is 11.1 Å². The standard InChI is InChI=1S/C15H14N4OS/c1-10-3-5-12-13(7-10)21-15(17-12)18-14(20)6-4-11-8-16-19(2)9-11/h3-9H,1-2H3,(H,17,18,20)/b6-4+. The van der Waals surface area contributed by atoms with E-state index in [-0.39, 0.29) is 5.91 Å². The number of nitrogens with zero attached hydrogens (tertiary/aromatic N) is 3. The zero-order chi connectivity index (χ0) is 14.8. The van der Waals surface area contributed by atoms with Gasteiger partial charge in [0.2, 0.25) is 5.91 Å². The van der Waals surface area contributed by atoms with Gasteiger partial charge in [-0.1, -0.05) is 17.4 Å². The molecule has 1 amide bonds. The average molecular weight is 298 g/mol. The molecule has 0 aliphatic heterocycles. The van der Waals surface area contributed by atoms with Crippen molar-refractivity contribution >= 4 is 38.7 Å². The summed E-state index contributed by atoms with van der Waals surface area (Å²) >= 11 is 1.47. The molecule has 5 nitrogen and oxygen atoms in total. The van der Waals surface area contributed by atoms with E-state index in [0.29, 0.717) is 5.13 Å². The summed E-state index contributed by atoms with van der Waals surface area (Å²) in [7, 11) is 1.83. The first-order valence-corrected chi connectivity index (χ1v) is 7.27. The van der Waals surface area contributed by atoms with Crippen LogP contribution < -0.4 is 5.32 Å². The van der Waals surface area contributed by atoms with Gasteiger partial charge in [-0.2, -0.15) is 5.10 Å². The summed E-state index contributed by atoms with van der Waals surface area (Å²) in [5.74, 6) is -0.199. The van der Waals surface area contributed by atoms with E-state index in [1.165, 1.54) is 23.0 Å². The molecule has 0 unspecified atom stereocenters. The second kappa shape index (κ2) is 5.49. The molecule has 106 valence electrons. The molecule has 0 fully saturated rings. The lowest BCUT2D eigenvalue weighted by Gasteiger charge is -1.94. The van der Waals surface area contributed by atoms with E-state index in [4.69, 9.17) is 0 Å². The summed E-state index contributed by atoms with van der Waals surface area (Å²) in [6.45, 7) is 2.04. The molecule has 1 aromatic carbocycles. The van der Waals surface area contributed by atoms with Gasteiger partial charge in [0.25, 0.3) is 0 Å². The van der Waals surface area contributed by atoms with Crippen molar-refractivity contribution in [1.29, 1.82) is 0 Å². The Morgan fingerprint density at radius 1 is 1.43 bits per heavy atom. The van der Waals surface area contributed by atoms with Gasteiger partial charge < -0.3 is 0 Å². The quantitative estimate of drug-likeness (QED) is 0.756. The number of fused-ring (bicyclic) bond motifs is 1. The molecule has 0 aliphatic carbocycles. The van der Waals surface area contributed by atoms with Gasteiger partial charge >= 0.3 is 0 Å². The van der Waals surface area contributed by atoms with Crippen molar-refractivity contribution in [3.63, 3.8) is 0 Å². The zero-order valence-corrected chi connectivity index (χ0v) is 12.5. The number of nitrogens with one attached hydrogen (secondary N) is 1. The van der Waals surface area contributed by atoms with Crippen molar-refractivity contribution in [1.82, 2.24) is 14.8 Å². The largest absolute Gasteiger partial charge is 0.298 e. The monoisotopic (exact) mass is 298 g/mol. The van der Waals surface area contributed by atoms with Gasteiger partial charge in [-0.3, -0.25) is 14.8 Å². The number of anilines is 1. The molecule has 0 spiro atoms. The van der Waals surface area contributed by atoms with Gasteiger partial charge in [-0.05, 0) is 30.7 Å². The molecule has 2 aromatic heterocycles. The number of thiazole rings is 1. The highest BCUT2D eigenvalue weighted by molar-refractivity contribution is 7.22. The van der Waals surface area contributed by atoms with Crippen LogP contribution in [0.25, 0.3) is 16.3 Å². The maximum Gasteiger partial charge on any atom is 0.250 e. The van der Waals surface area contributed by atoms with Gasteiger partial charge in [-0.15, -0.1) is 0 Å². The maximum absolute atomic E-state index is 11.9. The highest BCUT2D eigenvalue weighted by atomic mass is 32.1. The van der Waals surface area contributed by atoms with Gasteiger partial charge in [0, 0.05) is 24.9 Å². The molecule has 0 saturated heterocycles. The van der Waals surface area contributed by atoms with Gasteiger partial charge in [0.15, 0.2) is 5.13 Å². The Morgan fingerprint density at radius 2 is 2.29 bits per heavy atom. The zero-order valence-electron chi connectivity index (χ0n) is 11.7. The van der Waals surface area contributed by atoms with Crippen LogP contribution in [0.4, 0.5) is 5.13 Å². The third-order valence-corrected chi connectivity index (χ3v) is 3.86. The number of rotatable bonds is 3. The molecule has 0 bridgehead atoms. The minimum atomic E-state index is -0.199. The summed E-state index contributed by atoms with van der Waals surface area (Å²) in [5, 5.41) is 7.43. The molecule has 3 rings (SSSR count). The topological polar surface area (TPSA) is 59.8 Å². The van der Waals surface area contributed by atoms with Crippen molar-refractivity contribution in [2.45, 2.75) is 6.92 Å². The summed E-state index contributed by atoms with van der Waals surface area (Å²) in [6.07, 6.45) is 6.74. The molecule has 0 aliphatic rings. The van der Waals surface area contributed by atoms with Crippen LogP contribution in [-0.2, 0) is 11.8 Å². The third-order valence-electron chi connectivity index (χ3n) is 2.93. The smallest absolute Gasteiger partial charge is 0.250 e. The summed E-state index contributed by atoms with van der Waals surface area (Å²) < 4.78 is 2.76. The summed E-state index contributed by atoms with van der Waals surface area (Å²) in [4.78, 5) is 16.3. The molecular formula is C15H14N4OS. The van der Waals surface area contributed by atoms with E-state index in [1.807, 2.05) is 32.3 Å². The number of hydrogen-bond donors (Lipinski definition) is 1. The highest BCUT2D eigenvalue weighted by Gasteiger charge is 2.06. The number of carbonyl (C=O) groups excluding carboxylic acids is 1. The predicted octanol–water partition coefficient (Wildman–Crippen LogP) is 2.99. The number of benzene rings is 1. The minimum absolute atomic E-state index is 0.199. The van der Waals surface area contributed by atoms with E-state index >= 15 is 0 Å². The van der Waals surface area contributed by atoms with Crippen LogP contribution in [0, 0.1) is 6.92 Å².